The molecule has 1 nitrogen and oxygen atoms in total. The second kappa shape index (κ2) is 5.28. The van der Waals surface area contributed by atoms with Crippen molar-refractivity contribution in [2.45, 2.75) is 6.42 Å². The summed E-state index contributed by atoms with van der Waals surface area (Å²) in [5, 5.41) is 0.828. The van der Waals surface area contributed by atoms with Gasteiger partial charge in [-0.2, -0.15) is 0 Å². The molecular formula is C19H13ClIN. The zero-order chi connectivity index (χ0) is 15.3. The van der Waals surface area contributed by atoms with Crippen molar-refractivity contribution in [1.29, 1.82) is 0 Å². The lowest BCUT2D eigenvalue weighted by molar-refractivity contribution is 1.26. The minimum atomic E-state index is 0.818. The summed E-state index contributed by atoms with van der Waals surface area (Å²) in [6, 6.07) is 18.8. The molecule has 0 amide bonds. The summed E-state index contributed by atoms with van der Waals surface area (Å²) in [7, 11) is 0. The summed E-state index contributed by atoms with van der Waals surface area (Å²) in [4.78, 5) is 0. The molecule has 0 unspecified atom stereocenters. The van der Waals surface area contributed by atoms with Gasteiger partial charge in [-0.3, -0.25) is 0 Å². The first-order valence-electron chi connectivity index (χ1n) is 7.10. The second-order valence-corrected chi connectivity index (χ2v) is 7.09. The molecule has 3 aromatic rings. The molecule has 1 aliphatic rings. The molecule has 0 aliphatic heterocycles. The summed E-state index contributed by atoms with van der Waals surface area (Å²) in [6.07, 6.45) is 0.933. The summed E-state index contributed by atoms with van der Waals surface area (Å²) in [6.45, 7) is 0. The Balaban J connectivity index is 1.96. The van der Waals surface area contributed by atoms with E-state index in [2.05, 4.69) is 65.1 Å². The molecule has 4 rings (SSSR count). The number of hydrogen-bond donors (Lipinski definition) is 1. The van der Waals surface area contributed by atoms with E-state index >= 15 is 0 Å². The number of nitrogens with two attached hydrogens (primary N) is 1. The normalized spacial score (nSPS) is 12.1. The largest absolute Gasteiger partial charge is 0.398 e. The van der Waals surface area contributed by atoms with Crippen LogP contribution in [0.3, 0.4) is 0 Å². The van der Waals surface area contributed by atoms with Crippen LogP contribution in [0, 0.1) is 3.57 Å². The SMILES string of the molecule is Nc1ccc(-c2ccc(Cl)c3c2Cc2ccccc2-3)cc1I. The van der Waals surface area contributed by atoms with Gasteiger partial charge in [-0.1, -0.05) is 48.0 Å². The Labute approximate surface area is 148 Å². The predicted octanol–water partition coefficient (Wildman–Crippen LogP) is 5.77. The molecule has 0 fully saturated rings. The number of anilines is 1. The van der Waals surface area contributed by atoms with Gasteiger partial charge in [-0.25, -0.2) is 0 Å². The van der Waals surface area contributed by atoms with Gasteiger partial charge in [0, 0.05) is 19.8 Å². The summed E-state index contributed by atoms with van der Waals surface area (Å²) >= 11 is 8.77. The molecule has 0 spiro atoms. The van der Waals surface area contributed by atoms with Crippen LogP contribution in [0.2, 0.25) is 5.02 Å². The first-order chi connectivity index (χ1) is 10.6. The molecule has 108 valence electrons. The van der Waals surface area contributed by atoms with Gasteiger partial charge in [-0.15, -0.1) is 0 Å². The van der Waals surface area contributed by atoms with E-state index in [4.69, 9.17) is 17.3 Å². The Kier molecular flexibility index (Phi) is 3.39. The number of benzene rings is 3. The highest BCUT2D eigenvalue weighted by molar-refractivity contribution is 14.1. The summed E-state index contributed by atoms with van der Waals surface area (Å²) in [5.74, 6) is 0. The van der Waals surface area contributed by atoms with Crippen molar-refractivity contribution in [3.8, 4) is 22.3 Å². The van der Waals surface area contributed by atoms with Gasteiger partial charge in [-0.05, 0) is 75.0 Å². The maximum atomic E-state index is 6.49. The highest BCUT2D eigenvalue weighted by Crippen LogP contribution is 2.45. The van der Waals surface area contributed by atoms with Crippen LogP contribution in [0.5, 0.6) is 0 Å². The maximum Gasteiger partial charge on any atom is 0.0487 e. The minimum Gasteiger partial charge on any atom is -0.398 e. The highest BCUT2D eigenvalue weighted by atomic mass is 127. The summed E-state index contributed by atoms with van der Waals surface area (Å²) < 4.78 is 1.08. The number of halogens is 2. The van der Waals surface area contributed by atoms with Gasteiger partial charge in [0.2, 0.25) is 0 Å². The molecular weight excluding hydrogens is 405 g/mol. The van der Waals surface area contributed by atoms with Gasteiger partial charge in [0.15, 0.2) is 0 Å². The molecule has 3 heteroatoms. The van der Waals surface area contributed by atoms with E-state index in [0.29, 0.717) is 0 Å². The third-order valence-electron chi connectivity index (χ3n) is 4.23. The third kappa shape index (κ3) is 2.13. The standard InChI is InChI=1S/C19H13ClIN/c20-16-7-6-13(12-5-8-18(22)17(21)10-12)15-9-11-3-1-2-4-14(11)19(15)16/h1-8,10H,9,22H2. The molecule has 0 heterocycles. The zero-order valence-corrected chi connectivity index (χ0v) is 14.6. The van der Waals surface area contributed by atoms with Gasteiger partial charge >= 0.3 is 0 Å². The zero-order valence-electron chi connectivity index (χ0n) is 11.7. The van der Waals surface area contributed by atoms with E-state index in [9.17, 15) is 0 Å². The van der Waals surface area contributed by atoms with Gasteiger partial charge in [0.25, 0.3) is 0 Å². The minimum absolute atomic E-state index is 0.818. The van der Waals surface area contributed by atoms with Gasteiger partial charge in [0.05, 0.1) is 0 Å². The average molecular weight is 418 g/mol. The Morgan fingerprint density at radius 3 is 2.59 bits per heavy atom. The van der Waals surface area contributed by atoms with Crippen LogP contribution in [-0.4, -0.2) is 0 Å². The molecule has 0 radical (unpaired) electrons. The second-order valence-electron chi connectivity index (χ2n) is 5.52. The van der Waals surface area contributed by atoms with E-state index in [1.54, 1.807) is 0 Å². The first kappa shape index (κ1) is 14.1. The van der Waals surface area contributed by atoms with E-state index in [-0.39, 0.29) is 0 Å². The predicted molar refractivity (Wildman–Crippen MR) is 102 cm³/mol. The van der Waals surface area contributed by atoms with Crippen molar-refractivity contribution in [2.75, 3.05) is 5.73 Å². The van der Waals surface area contributed by atoms with E-state index in [1.807, 2.05) is 12.1 Å². The molecule has 0 aromatic heterocycles. The lowest BCUT2D eigenvalue weighted by atomic mass is 9.95. The van der Waals surface area contributed by atoms with E-state index < -0.39 is 0 Å². The van der Waals surface area contributed by atoms with Crippen molar-refractivity contribution < 1.29 is 0 Å². The molecule has 0 saturated heterocycles. The number of fused-ring (bicyclic) bond motifs is 3. The lowest BCUT2D eigenvalue weighted by Gasteiger charge is -2.12. The van der Waals surface area contributed by atoms with Crippen LogP contribution in [-0.2, 0) is 6.42 Å². The van der Waals surface area contributed by atoms with Crippen molar-refractivity contribution in [1.82, 2.24) is 0 Å². The fraction of sp³-hybridized carbons (Fsp3) is 0.0526. The topological polar surface area (TPSA) is 26.0 Å². The Morgan fingerprint density at radius 1 is 0.955 bits per heavy atom. The van der Waals surface area contributed by atoms with Crippen molar-refractivity contribution in [3.63, 3.8) is 0 Å². The molecule has 0 atom stereocenters. The lowest BCUT2D eigenvalue weighted by Crippen LogP contribution is -1.92. The van der Waals surface area contributed by atoms with Crippen LogP contribution < -0.4 is 5.73 Å². The van der Waals surface area contributed by atoms with Gasteiger partial charge in [0.1, 0.15) is 0 Å². The third-order valence-corrected chi connectivity index (χ3v) is 5.48. The van der Waals surface area contributed by atoms with E-state index in [1.165, 1.54) is 33.4 Å². The van der Waals surface area contributed by atoms with Crippen LogP contribution in [0.25, 0.3) is 22.3 Å². The Bertz CT molecular complexity index is 902. The molecule has 0 saturated carbocycles. The van der Waals surface area contributed by atoms with E-state index in [0.717, 1.165) is 20.7 Å². The quantitative estimate of drug-likeness (QED) is 0.309. The molecule has 3 aromatic carbocycles. The smallest absolute Gasteiger partial charge is 0.0487 e. The molecule has 0 bridgehead atoms. The molecule has 1 aliphatic carbocycles. The van der Waals surface area contributed by atoms with Crippen molar-refractivity contribution >= 4 is 39.9 Å². The van der Waals surface area contributed by atoms with Crippen LogP contribution in [0.15, 0.2) is 54.6 Å². The number of hydrogen-bond acceptors (Lipinski definition) is 1. The van der Waals surface area contributed by atoms with Crippen LogP contribution in [0.1, 0.15) is 11.1 Å². The highest BCUT2D eigenvalue weighted by Gasteiger charge is 2.23. The first-order valence-corrected chi connectivity index (χ1v) is 8.56. The fourth-order valence-electron chi connectivity index (χ4n) is 3.17. The molecule has 22 heavy (non-hydrogen) atoms. The Hall–Kier alpha value is -1.52. The average Bonchev–Trinajstić information content (AvgIpc) is 2.91. The number of nitrogen functional groups attached to an aromatic ring is 1. The van der Waals surface area contributed by atoms with Crippen LogP contribution in [0.4, 0.5) is 5.69 Å². The Morgan fingerprint density at radius 2 is 1.77 bits per heavy atom. The summed E-state index contributed by atoms with van der Waals surface area (Å²) in [5.41, 5.74) is 14.3. The van der Waals surface area contributed by atoms with Crippen LogP contribution >= 0.6 is 34.2 Å². The van der Waals surface area contributed by atoms with Gasteiger partial charge < -0.3 is 5.73 Å². The maximum absolute atomic E-state index is 6.49. The van der Waals surface area contributed by atoms with Crippen molar-refractivity contribution in [3.05, 3.63) is 74.3 Å². The number of rotatable bonds is 1. The fourth-order valence-corrected chi connectivity index (χ4v) is 3.96. The van der Waals surface area contributed by atoms with Crippen molar-refractivity contribution in [2.24, 2.45) is 0 Å². The molecule has 2 N–H and O–H groups in total. The monoisotopic (exact) mass is 417 g/mol.